The minimum Gasteiger partial charge on any atom is -0.495 e. The van der Waals surface area contributed by atoms with Crippen LogP contribution >= 0.6 is 11.8 Å². The smallest absolute Gasteiger partial charge is 0.238 e. The zero-order valence-electron chi connectivity index (χ0n) is 10.5. The van der Waals surface area contributed by atoms with E-state index in [0.29, 0.717) is 12.3 Å². The molecule has 1 heterocycles. The molecule has 0 atom stereocenters. The molecule has 4 nitrogen and oxygen atoms in total. The highest BCUT2D eigenvalue weighted by molar-refractivity contribution is 7.99. The zero-order valence-corrected chi connectivity index (χ0v) is 11.3. The van der Waals surface area contributed by atoms with Gasteiger partial charge in [0.25, 0.3) is 0 Å². The second kappa shape index (κ2) is 6.66. The molecule has 0 unspecified atom stereocenters. The van der Waals surface area contributed by atoms with Crippen LogP contribution in [-0.2, 0) is 4.79 Å². The Bertz CT molecular complexity index is 406. The van der Waals surface area contributed by atoms with Crippen LogP contribution in [0.5, 0.6) is 5.75 Å². The maximum absolute atomic E-state index is 11.9. The van der Waals surface area contributed by atoms with Gasteiger partial charge in [0.15, 0.2) is 0 Å². The molecule has 1 N–H and O–H groups in total. The monoisotopic (exact) mass is 266 g/mol. The van der Waals surface area contributed by atoms with E-state index < -0.39 is 0 Å². The molecule has 1 aromatic rings. The summed E-state index contributed by atoms with van der Waals surface area (Å²) in [5, 5.41) is 2.90. The minimum atomic E-state index is 0.0198. The van der Waals surface area contributed by atoms with E-state index in [2.05, 4.69) is 10.2 Å². The quantitative estimate of drug-likeness (QED) is 0.900. The fourth-order valence-corrected chi connectivity index (χ4v) is 2.88. The third kappa shape index (κ3) is 3.65. The van der Waals surface area contributed by atoms with E-state index in [1.165, 1.54) is 0 Å². The van der Waals surface area contributed by atoms with Crippen molar-refractivity contribution in [2.24, 2.45) is 0 Å². The van der Waals surface area contributed by atoms with Gasteiger partial charge in [-0.25, -0.2) is 0 Å². The summed E-state index contributed by atoms with van der Waals surface area (Å²) in [6.45, 7) is 2.44. The maximum Gasteiger partial charge on any atom is 0.238 e. The van der Waals surface area contributed by atoms with Crippen LogP contribution in [0.1, 0.15) is 0 Å². The number of ether oxygens (including phenoxy) is 1. The van der Waals surface area contributed by atoms with E-state index in [0.717, 1.165) is 30.3 Å². The molecule has 0 saturated carbocycles. The molecule has 1 fully saturated rings. The SMILES string of the molecule is COc1ccccc1NC(=O)CN1CCSCC1. The highest BCUT2D eigenvalue weighted by Gasteiger charge is 2.14. The van der Waals surface area contributed by atoms with Gasteiger partial charge in [0.2, 0.25) is 5.91 Å². The fraction of sp³-hybridized carbons (Fsp3) is 0.462. The van der Waals surface area contributed by atoms with Gasteiger partial charge in [-0.3, -0.25) is 9.69 Å². The highest BCUT2D eigenvalue weighted by Crippen LogP contribution is 2.22. The highest BCUT2D eigenvalue weighted by atomic mass is 32.2. The molecule has 0 aliphatic carbocycles. The lowest BCUT2D eigenvalue weighted by Gasteiger charge is -2.25. The van der Waals surface area contributed by atoms with E-state index >= 15 is 0 Å². The molecule has 0 radical (unpaired) electrons. The minimum absolute atomic E-state index is 0.0198. The number of methoxy groups -OCH3 is 1. The second-order valence-corrected chi connectivity index (χ2v) is 5.36. The standard InChI is InChI=1S/C13H18N2O2S/c1-17-12-5-3-2-4-11(12)14-13(16)10-15-6-8-18-9-7-15/h2-5H,6-10H2,1H3,(H,14,16). The van der Waals surface area contributed by atoms with Gasteiger partial charge in [-0.15, -0.1) is 0 Å². The zero-order chi connectivity index (χ0) is 12.8. The van der Waals surface area contributed by atoms with E-state index in [1.807, 2.05) is 36.0 Å². The van der Waals surface area contributed by atoms with Gasteiger partial charge in [0.1, 0.15) is 5.75 Å². The van der Waals surface area contributed by atoms with Crippen molar-refractivity contribution in [3.63, 3.8) is 0 Å². The number of carbonyl (C=O) groups is 1. The number of hydrogen-bond donors (Lipinski definition) is 1. The Labute approximate surface area is 112 Å². The molecule has 0 spiro atoms. The van der Waals surface area contributed by atoms with Gasteiger partial charge < -0.3 is 10.1 Å². The second-order valence-electron chi connectivity index (χ2n) is 4.14. The number of anilines is 1. The van der Waals surface area contributed by atoms with Crippen LogP contribution in [-0.4, -0.2) is 49.1 Å². The van der Waals surface area contributed by atoms with Crippen LogP contribution in [0.2, 0.25) is 0 Å². The Morgan fingerprint density at radius 1 is 1.39 bits per heavy atom. The van der Waals surface area contributed by atoms with E-state index in [4.69, 9.17) is 4.74 Å². The van der Waals surface area contributed by atoms with Crippen molar-refractivity contribution in [3.8, 4) is 5.75 Å². The maximum atomic E-state index is 11.9. The van der Waals surface area contributed by atoms with Crippen LogP contribution in [0.4, 0.5) is 5.69 Å². The molecular formula is C13H18N2O2S. The predicted molar refractivity (Wildman–Crippen MR) is 75.4 cm³/mol. The summed E-state index contributed by atoms with van der Waals surface area (Å²) in [5.74, 6) is 2.94. The van der Waals surface area contributed by atoms with Gasteiger partial charge in [0.05, 0.1) is 19.3 Å². The van der Waals surface area contributed by atoms with Crippen LogP contribution in [0.25, 0.3) is 0 Å². The molecule has 2 rings (SSSR count). The molecule has 1 aliphatic heterocycles. The molecule has 0 bridgehead atoms. The largest absolute Gasteiger partial charge is 0.495 e. The molecule has 18 heavy (non-hydrogen) atoms. The summed E-state index contributed by atoms with van der Waals surface area (Å²) in [4.78, 5) is 14.1. The molecule has 1 aromatic carbocycles. The molecular weight excluding hydrogens is 248 g/mol. The van der Waals surface area contributed by atoms with Gasteiger partial charge >= 0.3 is 0 Å². The first-order valence-corrected chi connectivity index (χ1v) is 7.18. The van der Waals surface area contributed by atoms with Crippen LogP contribution in [0, 0.1) is 0 Å². The summed E-state index contributed by atoms with van der Waals surface area (Å²) in [7, 11) is 1.60. The van der Waals surface area contributed by atoms with Crippen LogP contribution < -0.4 is 10.1 Å². The Morgan fingerprint density at radius 2 is 2.11 bits per heavy atom. The van der Waals surface area contributed by atoms with E-state index in [1.54, 1.807) is 7.11 Å². The Hall–Kier alpha value is -1.20. The third-order valence-corrected chi connectivity index (χ3v) is 3.79. The average Bonchev–Trinajstić information content (AvgIpc) is 2.40. The Morgan fingerprint density at radius 3 is 2.83 bits per heavy atom. The number of thioether (sulfide) groups is 1. The molecule has 5 heteroatoms. The number of nitrogens with zero attached hydrogens (tertiary/aromatic N) is 1. The lowest BCUT2D eigenvalue weighted by atomic mass is 10.3. The van der Waals surface area contributed by atoms with Gasteiger partial charge in [-0.05, 0) is 12.1 Å². The number of carbonyl (C=O) groups excluding carboxylic acids is 1. The molecule has 0 aromatic heterocycles. The summed E-state index contributed by atoms with van der Waals surface area (Å²) >= 11 is 1.94. The summed E-state index contributed by atoms with van der Waals surface area (Å²) < 4.78 is 5.20. The van der Waals surface area contributed by atoms with Gasteiger partial charge in [0, 0.05) is 24.6 Å². The summed E-state index contributed by atoms with van der Waals surface area (Å²) in [6, 6.07) is 7.46. The first-order valence-electron chi connectivity index (χ1n) is 6.02. The first-order chi connectivity index (χ1) is 8.79. The van der Waals surface area contributed by atoms with Crippen molar-refractivity contribution >= 4 is 23.4 Å². The van der Waals surface area contributed by atoms with E-state index in [9.17, 15) is 4.79 Å². The molecule has 1 amide bonds. The first kappa shape index (κ1) is 13.2. The summed E-state index contributed by atoms with van der Waals surface area (Å²) in [5.41, 5.74) is 0.733. The average molecular weight is 266 g/mol. The number of rotatable bonds is 4. The van der Waals surface area contributed by atoms with Gasteiger partial charge in [-0.2, -0.15) is 11.8 Å². The fourth-order valence-electron chi connectivity index (χ4n) is 1.90. The molecule has 98 valence electrons. The number of nitrogens with one attached hydrogen (secondary N) is 1. The Kier molecular flexibility index (Phi) is 4.90. The number of para-hydroxylation sites is 2. The summed E-state index contributed by atoms with van der Waals surface area (Å²) in [6.07, 6.45) is 0. The van der Waals surface area contributed by atoms with Crippen molar-refractivity contribution in [3.05, 3.63) is 24.3 Å². The third-order valence-electron chi connectivity index (χ3n) is 2.85. The van der Waals surface area contributed by atoms with Crippen molar-refractivity contribution in [2.45, 2.75) is 0 Å². The topological polar surface area (TPSA) is 41.6 Å². The normalized spacial score (nSPS) is 16.3. The van der Waals surface area contributed by atoms with Crippen molar-refractivity contribution in [1.82, 2.24) is 4.90 Å². The van der Waals surface area contributed by atoms with E-state index in [-0.39, 0.29) is 5.91 Å². The molecule has 1 aliphatic rings. The number of hydrogen-bond acceptors (Lipinski definition) is 4. The van der Waals surface area contributed by atoms with Crippen molar-refractivity contribution < 1.29 is 9.53 Å². The van der Waals surface area contributed by atoms with Gasteiger partial charge in [-0.1, -0.05) is 12.1 Å². The van der Waals surface area contributed by atoms with Crippen molar-refractivity contribution in [1.29, 1.82) is 0 Å². The Balaban J connectivity index is 1.90. The van der Waals surface area contributed by atoms with Crippen molar-refractivity contribution in [2.75, 3.05) is 43.6 Å². The lowest BCUT2D eigenvalue weighted by molar-refractivity contribution is -0.117. The molecule has 1 saturated heterocycles. The predicted octanol–water partition coefficient (Wildman–Crippen LogP) is 1.68. The van der Waals surface area contributed by atoms with Crippen LogP contribution in [0.15, 0.2) is 24.3 Å². The number of amides is 1. The lowest BCUT2D eigenvalue weighted by Crippen LogP contribution is -2.38. The van der Waals surface area contributed by atoms with Crippen LogP contribution in [0.3, 0.4) is 0 Å². The number of benzene rings is 1.